The lowest BCUT2D eigenvalue weighted by Crippen LogP contribution is -2.15. The van der Waals surface area contributed by atoms with E-state index < -0.39 is 23.5 Å². The van der Waals surface area contributed by atoms with Gasteiger partial charge in [-0.05, 0) is 46.3 Å². The predicted octanol–water partition coefficient (Wildman–Crippen LogP) is 3.68. The van der Waals surface area contributed by atoms with Crippen LogP contribution in [0.25, 0.3) is 0 Å². The molecule has 4 nitrogen and oxygen atoms in total. The van der Waals surface area contributed by atoms with E-state index in [1.54, 1.807) is 6.07 Å². The maximum absolute atomic E-state index is 13.1. The number of carboxylic acids is 1. The molecule has 0 spiro atoms. The van der Waals surface area contributed by atoms with Gasteiger partial charge in [-0.3, -0.25) is 4.79 Å². The summed E-state index contributed by atoms with van der Waals surface area (Å²) in [6.45, 7) is 0. The van der Waals surface area contributed by atoms with Crippen molar-refractivity contribution < 1.29 is 23.5 Å². The molecule has 1 amide bonds. The van der Waals surface area contributed by atoms with Gasteiger partial charge in [-0.2, -0.15) is 0 Å². The van der Waals surface area contributed by atoms with E-state index in [4.69, 9.17) is 5.11 Å². The Balaban J connectivity index is 2.36. The number of para-hydroxylation sites is 1. The highest BCUT2D eigenvalue weighted by Crippen LogP contribution is 2.27. The third-order valence-electron chi connectivity index (χ3n) is 2.66. The zero-order valence-corrected chi connectivity index (χ0v) is 11.9. The molecule has 0 unspecified atom stereocenters. The number of carboxylic acid groups (broad SMARTS) is 1. The molecule has 21 heavy (non-hydrogen) atoms. The highest BCUT2D eigenvalue weighted by Gasteiger charge is 2.17. The number of hydrogen-bond acceptors (Lipinski definition) is 2. The predicted molar refractivity (Wildman–Crippen MR) is 75.4 cm³/mol. The molecule has 0 aliphatic carbocycles. The summed E-state index contributed by atoms with van der Waals surface area (Å²) in [5, 5.41) is 11.4. The Bertz CT molecular complexity index is 734. The molecule has 0 heterocycles. The second kappa shape index (κ2) is 6.01. The number of carbonyl (C=O) groups is 2. The summed E-state index contributed by atoms with van der Waals surface area (Å²) >= 11 is 3.13. The quantitative estimate of drug-likeness (QED) is 0.882. The van der Waals surface area contributed by atoms with Gasteiger partial charge in [0.25, 0.3) is 5.91 Å². The Morgan fingerprint density at radius 3 is 2.43 bits per heavy atom. The summed E-state index contributed by atoms with van der Waals surface area (Å²) in [5.41, 5.74) is -0.207. The molecule has 0 saturated heterocycles. The number of rotatable bonds is 3. The molecule has 108 valence electrons. The molecule has 0 saturated carbocycles. The standard InChI is InChI=1S/C14H8BrF2NO3/c15-9-3-1-2-8(14(20)21)12(9)18-13(19)7-4-5-10(16)11(17)6-7/h1-6H,(H,18,19)(H,20,21). The second-order valence-corrected chi connectivity index (χ2v) is 4.90. The Morgan fingerprint density at radius 2 is 1.81 bits per heavy atom. The number of halogens is 3. The molecule has 2 N–H and O–H groups in total. The van der Waals surface area contributed by atoms with Crippen molar-refractivity contribution in [1.82, 2.24) is 0 Å². The number of hydrogen-bond donors (Lipinski definition) is 2. The Hall–Kier alpha value is -2.28. The minimum Gasteiger partial charge on any atom is -0.478 e. The largest absolute Gasteiger partial charge is 0.478 e. The number of benzene rings is 2. The van der Waals surface area contributed by atoms with Gasteiger partial charge in [0.05, 0.1) is 11.3 Å². The van der Waals surface area contributed by atoms with Gasteiger partial charge < -0.3 is 10.4 Å². The fourth-order valence-electron chi connectivity index (χ4n) is 1.65. The number of nitrogens with one attached hydrogen (secondary N) is 1. The fraction of sp³-hybridized carbons (Fsp3) is 0. The van der Waals surface area contributed by atoms with Crippen LogP contribution in [0.15, 0.2) is 40.9 Å². The normalized spacial score (nSPS) is 10.2. The van der Waals surface area contributed by atoms with E-state index >= 15 is 0 Å². The third kappa shape index (κ3) is 3.25. The highest BCUT2D eigenvalue weighted by molar-refractivity contribution is 9.10. The number of carbonyl (C=O) groups excluding carboxylic acids is 1. The topological polar surface area (TPSA) is 66.4 Å². The summed E-state index contributed by atoms with van der Waals surface area (Å²) < 4.78 is 26.3. The summed E-state index contributed by atoms with van der Waals surface area (Å²) in [6, 6.07) is 7.03. The molecule has 2 rings (SSSR count). The minimum absolute atomic E-state index is 0.0414. The van der Waals surface area contributed by atoms with E-state index in [2.05, 4.69) is 21.2 Å². The van der Waals surface area contributed by atoms with Crippen molar-refractivity contribution in [3.05, 3.63) is 63.6 Å². The summed E-state index contributed by atoms with van der Waals surface area (Å²) in [5.74, 6) is -4.20. The van der Waals surface area contributed by atoms with Gasteiger partial charge in [-0.15, -0.1) is 0 Å². The van der Waals surface area contributed by atoms with Gasteiger partial charge in [0.2, 0.25) is 0 Å². The molecule has 0 atom stereocenters. The SMILES string of the molecule is O=C(Nc1c(Br)cccc1C(=O)O)c1ccc(F)c(F)c1. The van der Waals surface area contributed by atoms with Crippen LogP contribution in [0.5, 0.6) is 0 Å². The average molecular weight is 356 g/mol. The Morgan fingerprint density at radius 1 is 1.10 bits per heavy atom. The van der Waals surface area contributed by atoms with Crippen LogP contribution in [0.2, 0.25) is 0 Å². The summed E-state index contributed by atoms with van der Waals surface area (Å²) in [4.78, 5) is 23.1. The zero-order valence-electron chi connectivity index (χ0n) is 10.4. The van der Waals surface area contributed by atoms with Gasteiger partial charge in [-0.25, -0.2) is 13.6 Å². The molecule has 0 aromatic heterocycles. The van der Waals surface area contributed by atoms with Crippen LogP contribution in [0.4, 0.5) is 14.5 Å². The van der Waals surface area contributed by atoms with Crippen LogP contribution in [0.1, 0.15) is 20.7 Å². The molecule has 0 radical (unpaired) electrons. The molecule has 0 aliphatic rings. The summed E-state index contributed by atoms with van der Waals surface area (Å²) in [6.07, 6.45) is 0. The van der Waals surface area contributed by atoms with E-state index in [1.165, 1.54) is 12.1 Å². The molecule has 0 bridgehead atoms. The number of anilines is 1. The maximum atomic E-state index is 13.1. The van der Waals surface area contributed by atoms with Gasteiger partial charge >= 0.3 is 5.97 Å². The lowest BCUT2D eigenvalue weighted by Gasteiger charge is -2.10. The van der Waals surface area contributed by atoms with Gasteiger partial charge in [0, 0.05) is 10.0 Å². The van der Waals surface area contributed by atoms with Crippen molar-refractivity contribution in [2.75, 3.05) is 5.32 Å². The van der Waals surface area contributed by atoms with Crippen molar-refractivity contribution in [3.63, 3.8) is 0 Å². The van der Waals surface area contributed by atoms with Crippen molar-refractivity contribution in [2.45, 2.75) is 0 Å². The van der Waals surface area contributed by atoms with E-state index in [0.717, 1.165) is 18.2 Å². The Kier molecular flexibility index (Phi) is 4.32. The first kappa shape index (κ1) is 15.1. The van der Waals surface area contributed by atoms with Crippen LogP contribution < -0.4 is 5.32 Å². The van der Waals surface area contributed by atoms with Crippen molar-refractivity contribution in [1.29, 1.82) is 0 Å². The lowest BCUT2D eigenvalue weighted by molar-refractivity contribution is 0.0698. The van der Waals surface area contributed by atoms with Gasteiger partial charge in [-0.1, -0.05) is 6.07 Å². The summed E-state index contributed by atoms with van der Waals surface area (Å²) in [7, 11) is 0. The maximum Gasteiger partial charge on any atom is 0.337 e. The lowest BCUT2D eigenvalue weighted by atomic mass is 10.1. The monoisotopic (exact) mass is 355 g/mol. The molecule has 0 fully saturated rings. The second-order valence-electron chi connectivity index (χ2n) is 4.05. The van der Waals surface area contributed by atoms with E-state index in [9.17, 15) is 18.4 Å². The van der Waals surface area contributed by atoms with Crippen LogP contribution in [-0.4, -0.2) is 17.0 Å². The molecule has 0 aliphatic heterocycles. The van der Waals surface area contributed by atoms with Crippen LogP contribution >= 0.6 is 15.9 Å². The van der Waals surface area contributed by atoms with Crippen LogP contribution in [-0.2, 0) is 0 Å². The third-order valence-corrected chi connectivity index (χ3v) is 3.33. The molecular formula is C14H8BrF2NO3. The first-order chi connectivity index (χ1) is 9.90. The molecule has 2 aromatic carbocycles. The van der Waals surface area contributed by atoms with Crippen molar-refractivity contribution in [2.24, 2.45) is 0 Å². The number of aromatic carboxylic acids is 1. The van der Waals surface area contributed by atoms with Crippen LogP contribution in [0, 0.1) is 11.6 Å². The van der Waals surface area contributed by atoms with Crippen molar-refractivity contribution in [3.8, 4) is 0 Å². The first-order valence-electron chi connectivity index (χ1n) is 5.68. The fourth-order valence-corrected chi connectivity index (χ4v) is 2.12. The van der Waals surface area contributed by atoms with Gasteiger partial charge in [0.15, 0.2) is 11.6 Å². The number of amides is 1. The van der Waals surface area contributed by atoms with Crippen LogP contribution in [0.3, 0.4) is 0 Å². The molecular weight excluding hydrogens is 348 g/mol. The average Bonchev–Trinajstić information content (AvgIpc) is 2.43. The first-order valence-corrected chi connectivity index (χ1v) is 6.47. The van der Waals surface area contributed by atoms with Gasteiger partial charge in [0.1, 0.15) is 0 Å². The minimum atomic E-state index is -1.23. The van der Waals surface area contributed by atoms with E-state index in [-0.39, 0.29) is 16.8 Å². The van der Waals surface area contributed by atoms with Crippen molar-refractivity contribution >= 4 is 33.5 Å². The van der Waals surface area contributed by atoms with E-state index in [0.29, 0.717) is 4.47 Å². The smallest absolute Gasteiger partial charge is 0.337 e. The molecule has 7 heteroatoms. The van der Waals surface area contributed by atoms with E-state index in [1.807, 2.05) is 0 Å². The molecule has 2 aromatic rings. The Labute approximate surface area is 126 Å². The highest BCUT2D eigenvalue weighted by atomic mass is 79.9. The zero-order chi connectivity index (χ0) is 15.6.